The van der Waals surface area contributed by atoms with Crippen LogP contribution in [0.2, 0.25) is 0 Å². The highest BCUT2D eigenvalue weighted by Crippen LogP contribution is 2.10. The lowest BCUT2D eigenvalue weighted by Crippen LogP contribution is -2.14. The maximum atomic E-state index is 11.3. The van der Waals surface area contributed by atoms with E-state index in [0.717, 1.165) is 12.3 Å². The van der Waals surface area contributed by atoms with Gasteiger partial charge in [0.2, 0.25) is 0 Å². The van der Waals surface area contributed by atoms with Gasteiger partial charge in [0.15, 0.2) is 0 Å². The van der Waals surface area contributed by atoms with Crippen molar-refractivity contribution in [2.45, 2.75) is 64.8 Å². The molecule has 0 saturated heterocycles. The minimum Gasteiger partial charge on any atom is -0.467 e. The number of unbranched alkanes of at least 4 members (excludes halogenated alkanes) is 7. The standard InChI is InChI=1S/C17H29NO3/c1-3-4-5-6-7-8-9-10-11-18-13-16-12-15(14-21-16)17(19)20-2/h12,14,18H,3-11,13H2,1-2H3. The van der Waals surface area contributed by atoms with Gasteiger partial charge in [0.25, 0.3) is 0 Å². The van der Waals surface area contributed by atoms with Crippen LogP contribution in [-0.2, 0) is 11.3 Å². The Kier molecular flexibility index (Phi) is 9.62. The average Bonchev–Trinajstić information content (AvgIpc) is 2.97. The zero-order chi connectivity index (χ0) is 15.3. The number of nitrogens with one attached hydrogen (secondary N) is 1. The Hall–Kier alpha value is -1.29. The molecule has 0 saturated carbocycles. The lowest BCUT2D eigenvalue weighted by atomic mass is 10.1. The number of carbonyl (C=O) groups is 1. The molecule has 4 nitrogen and oxygen atoms in total. The van der Waals surface area contributed by atoms with E-state index in [9.17, 15) is 4.79 Å². The maximum Gasteiger partial charge on any atom is 0.341 e. The number of hydrogen-bond donors (Lipinski definition) is 1. The summed E-state index contributed by atoms with van der Waals surface area (Å²) in [4.78, 5) is 11.3. The first-order chi connectivity index (χ1) is 10.3. The molecule has 1 N–H and O–H groups in total. The molecule has 1 rings (SSSR count). The molecule has 1 aromatic rings. The predicted molar refractivity (Wildman–Crippen MR) is 84.4 cm³/mol. The summed E-state index contributed by atoms with van der Waals surface area (Å²) in [5.41, 5.74) is 0.473. The molecule has 120 valence electrons. The first-order valence-electron chi connectivity index (χ1n) is 8.14. The Morgan fingerprint density at radius 1 is 1.14 bits per heavy atom. The number of esters is 1. The number of rotatable bonds is 12. The molecule has 0 atom stereocenters. The van der Waals surface area contributed by atoms with Crippen LogP contribution < -0.4 is 5.32 Å². The van der Waals surface area contributed by atoms with Crippen LogP contribution in [0.4, 0.5) is 0 Å². The predicted octanol–water partition coefficient (Wildman–Crippen LogP) is 4.30. The van der Waals surface area contributed by atoms with E-state index < -0.39 is 0 Å². The van der Waals surface area contributed by atoms with Gasteiger partial charge in [-0.1, -0.05) is 51.9 Å². The zero-order valence-corrected chi connectivity index (χ0v) is 13.5. The van der Waals surface area contributed by atoms with Crippen molar-refractivity contribution >= 4 is 5.97 Å². The summed E-state index contributed by atoms with van der Waals surface area (Å²) in [5.74, 6) is 0.419. The van der Waals surface area contributed by atoms with Gasteiger partial charge in [-0.2, -0.15) is 0 Å². The highest BCUT2D eigenvalue weighted by molar-refractivity contribution is 5.88. The summed E-state index contributed by atoms with van der Waals surface area (Å²) in [5, 5.41) is 3.34. The van der Waals surface area contributed by atoms with Gasteiger partial charge in [0, 0.05) is 0 Å². The number of carbonyl (C=O) groups excluding carboxylic acids is 1. The van der Waals surface area contributed by atoms with Crippen molar-refractivity contribution in [3.05, 3.63) is 23.7 Å². The SMILES string of the molecule is CCCCCCCCCCNCc1cc(C(=O)OC)co1. The van der Waals surface area contributed by atoms with Crippen LogP contribution in [0.25, 0.3) is 0 Å². The smallest absolute Gasteiger partial charge is 0.341 e. The first-order valence-corrected chi connectivity index (χ1v) is 8.14. The van der Waals surface area contributed by atoms with Crippen LogP contribution in [0.3, 0.4) is 0 Å². The van der Waals surface area contributed by atoms with Crippen LogP contribution in [-0.4, -0.2) is 19.6 Å². The molecular formula is C17H29NO3. The summed E-state index contributed by atoms with van der Waals surface area (Å²) >= 11 is 0. The van der Waals surface area contributed by atoms with E-state index in [1.54, 1.807) is 6.07 Å². The van der Waals surface area contributed by atoms with Crippen LogP contribution in [0.15, 0.2) is 16.7 Å². The molecule has 0 spiro atoms. The summed E-state index contributed by atoms with van der Waals surface area (Å²) in [6.45, 7) is 3.90. The molecule has 0 amide bonds. The van der Waals surface area contributed by atoms with Crippen LogP contribution in [0.1, 0.15) is 74.4 Å². The highest BCUT2D eigenvalue weighted by atomic mass is 16.5. The van der Waals surface area contributed by atoms with E-state index in [4.69, 9.17) is 4.42 Å². The van der Waals surface area contributed by atoms with Gasteiger partial charge in [-0.3, -0.25) is 0 Å². The van der Waals surface area contributed by atoms with Gasteiger partial charge < -0.3 is 14.5 Å². The largest absolute Gasteiger partial charge is 0.467 e. The minimum atomic E-state index is -0.354. The Balaban J connectivity index is 1.97. The van der Waals surface area contributed by atoms with Gasteiger partial charge in [-0.25, -0.2) is 4.79 Å². The first kappa shape index (κ1) is 17.8. The maximum absolute atomic E-state index is 11.3. The van der Waals surface area contributed by atoms with Crippen LogP contribution in [0.5, 0.6) is 0 Å². The Morgan fingerprint density at radius 3 is 2.48 bits per heavy atom. The second-order valence-corrected chi connectivity index (χ2v) is 5.44. The average molecular weight is 295 g/mol. The highest BCUT2D eigenvalue weighted by Gasteiger charge is 2.09. The number of methoxy groups -OCH3 is 1. The molecule has 0 aliphatic rings. The monoisotopic (exact) mass is 295 g/mol. The van der Waals surface area contributed by atoms with E-state index in [1.165, 1.54) is 64.7 Å². The molecule has 0 aliphatic heterocycles. The number of furan rings is 1. The third-order valence-corrected chi connectivity index (χ3v) is 3.58. The molecule has 1 aromatic heterocycles. The topological polar surface area (TPSA) is 51.5 Å². The lowest BCUT2D eigenvalue weighted by Gasteiger charge is -2.03. The zero-order valence-electron chi connectivity index (χ0n) is 13.5. The molecule has 0 aromatic carbocycles. The van der Waals surface area contributed by atoms with Crippen molar-refractivity contribution in [3.63, 3.8) is 0 Å². The molecule has 0 bridgehead atoms. The van der Waals surface area contributed by atoms with Gasteiger partial charge in [0.05, 0.1) is 19.2 Å². The van der Waals surface area contributed by atoms with Crippen molar-refractivity contribution in [1.82, 2.24) is 5.32 Å². The van der Waals surface area contributed by atoms with E-state index in [2.05, 4.69) is 17.0 Å². The van der Waals surface area contributed by atoms with Gasteiger partial charge in [-0.05, 0) is 19.0 Å². The van der Waals surface area contributed by atoms with Crippen LogP contribution >= 0.6 is 0 Å². The molecule has 0 fully saturated rings. The summed E-state index contributed by atoms with van der Waals surface area (Å²) < 4.78 is 9.94. The molecule has 0 unspecified atom stereocenters. The second kappa shape index (κ2) is 11.4. The Bertz CT molecular complexity index is 387. The summed E-state index contributed by atoms with van der Waals surface area (Å²) in [6, 6.07) is 1.73. The Morgan fingerprint density at radius 2 is 1.81 bits per heavy atom. The fraction of sp³-hybridized carbons (Fsp3) is 0.706. The van der Waals surface area contributed by atoms with Gasteiger partial charge in [-0.15, -0.1) is 0 Å². The molecule has 0 aliphatic carbocycles. The van der Waals surface area contributed by atoms with Crippen molar-refractivity contribution in [2.24, 2.45) is 0 Å². The van der Waals surface area contributed by atoms with E-state index in [0.29, 0.717) is 12.1 Å². The van der Waals surface area contributed by atoms with E-state index >= 15 is 0 Å². The van der Waals surface area contributed by atoms with Crippen LogP contribution in [0, 0.1) is 0 Å². The Labute approximate surface area is 128 Å². The molecular weight excluding hydrogens is 266 g/mol. The van der Waals surface area contributed by atoms with Gasteiger partial charge >= 0.3 is 5.97 Å². The van der Waals surface area contributed by atoms with Gasteiger partial charge in [0.1, 0.15) is 12.0 Å². The molecule has 0 radical (unpaired) electrons. The summed E-state index contributed by atoms with van der Waals surface area (Å²) in [6.07, 6.45) is 12.1. The quantitative estimate of drug-likeness (QED) is 0.461. The van der Waals surface area contributed by atoms with E-state index in [-0.39, 0.29) is 5.97 Å². The van der Waals surface area contributed by atoms with Crippen molar-refractivity contribution < 1.29 is 13.9 Å². The fourth-order valence-corrected chi connectivity index (χ4v) is 2.29. The normalized spacial score (nSPS) is 10.8. The molecule has 1 heterocycles. The minimum absolute atomic E-state index is 0.354. The lowest BCUT2D eigenvalue weighted by molar-refractivity contribution is 0.0600. The van der Waals surface area contributed by atoms with Crippen molar-refractivity contribution in [1.29, 1.82) is 0 Å². The third-order valence-electron chi connectivity index (χ3n) is 3.58. The summed E-state index contributed by atoms with van der Waals surface area (Å²) in [7, 11) is 1.37. The molecule has 21 heavy (non-hydrogen) atoms. The van der Waals surface area contributed by atoms with Crippen molar-refractivity contribution in [3.8, 4) is 0 Å². The number of hydrogen-bond acceptors (Lipinski definition) is 4. The second-order valence-electron chi connectivity index (χ2n) is 5.44. The number of ether oxygens (including phenoxy) is 1. The fourth-order valence-electron chi connectivity index (χ4n) is 2.29. The molecule has 4 heteroatoms. The van der Waals surface area contributed by atoms with Crippen molar-refractivity contribution in [2.75, 3.05) is 13.7 Å². The van der Waals surface area contributed by atoms with E-state index in [1.807, 2.05) is 0 Å². The third kappa shape index (κ3) is 7.90.